The number of methoxy groups -OCH3 is 1. The van der Waals surface area contributed by atoms with E-state index in [2.05, 4.69) is 6.07 Å². The number of anilines is 1. The minimum Gasteiger partial charge on any atom is -0.497 e. The van der Waals surface area contributed by atoms with Crippen molar-refractivity contribution in [3.05, 3.63) is 115 Å². The summed E-state index contributed by atoms with van der Waals surface area (Å²) in [5, 5.41) is 22.2. The van der Waals surface area contributed by atoms with E-state index in [1.807, 2.05) is 64.1 Å². The highest BCUT2D eigenvalue weighted by Gasteiger charge is 2.45. The number of halogens is 1. The molecule has 3 aromatic rings. The van der Waals surface area contributed by atoms with Crippen LogP contribution in [0.5, 0.6) is 11.5 Å². The number of nitrogens with zero attached hydrogens (tertiary/aromatic N) is 3. The van der Waals surface area contributed by atoms with E-state index >= 15 is 0 Å². The zero-order chi connectivity index (χ0) is 31.9. The first-order valence-corrected chi connectivity index (χ1v) is 14.5. The number of hydrogen-bond acceptors (Lipinski definition) is 8. The smallest absolute Gasteiger partial charge is 0.289 e. The molecular weight excluding hydrogens is 580 g/mol. The predicted octanol–water partition coefficient (Wildman–Crippen LogP) is 7.39. The number of ether oxygens (including phenoxy) is 2. The Labute approximate surface area is 261 Å². The number of aryl methyl sites for hydroxylation is 1. The van der Waals surface area contributed by atoms with Gasteiger partial charge in [0.2, 0.25) is 0 Å². The quantitative estimate of drug-likeness (QED) is 0.216. The van der Waals surface area contributed by atoms with Gasteiger partial charge in [-0.05, 0) is 78.8 Å². The normalized spacial score (nSPS) is 17.7. The lowest BCUT2D eigenvalue weighted by Crippen LogP contribution is -2.42. The fraction of sp³-hybridized carbons (Fsp3) is 0.294. The molecule has 0 saturated heterocycles. The van der Waals surface area contributed by atoms with Crippen LogP contribution in [0.2, 0.25) is 5.02 Å². The zero-order valence-electron chi connectivity index (χ0n) is 25.2. The van der Waals surface area contributed by atoms with Crippen molar-refractivity contribution in [2.45, 2.75) is 53.1 Å². The summed E-state index contributed by atoms with van der Waals surface area (Å²) in [6, 6.07) is 18.0. The largest absolute Gasteiger partial charge is 0.497 e. The van der Waals surface area contributed by atoms with E-state index in [4.69, 9.17) is 26.8 Å². The molecule has 1 aliphatic heterocycles. The third-order valence-corrected chi connectivity index (χ3v) is 8.55. The second-order valence-electron chi connectivity index (χ2n) is 12.0. The highest BCUT2D eigenvalue weighted by Crippen LogP contribution is 2.51. The van der Waals surface area contributed by atoms with Crippen LogP contribution in [-0.2, 0) is 11.4 Å². The second-order valence-corrected chi connectivity index (χ2v) is 12.4. The number of allylic oxidation sites excluding steroid dienone is 3. The molecule has 0 radical (unpaired) electrons. The van der Waals surface area contributed by atoms with E-state index in [1.165, 1.54) is 12.1 Å². The van der Waals surface area contributed by atoms with Gasteiger partial charge >= 0.3 is 0 Å². The zero-order valence-corrected chi connectivity index (χ0v) is 26.0. The van der Waals surface area contributed by atoms with Crippen molar-refractivity contribution >= 4 is 28.8 Å². The molecular formula is C34H33ClN4O5. The molecule has 0 amide bonds. The van der Waals surface area contributed by atoms with E-state index in [0.29, 0.717) is 29.1 Å². The molecule has 0 aromatic heterocycles. The summed E-state index contributed by atoms with van der Waals surface area (Å²) in [4.78, 5) is 26.8. The van der Waals surface area contributed by atoms with Gasteiger partial charge in [-0.1, -0.05) is 43.1 Å². The van der Waals surface area contributed by atoms with Gasteiger partial charge in [0.05, 0.1) is 35.3 Å². The van der Waals surface area contributed by atoms with Gasteiger partial charge in [-0.3, -0.25) is 19.8 Å². The molecule has 2 aliphatic rings. The molecule has 1 atom stereocenters. The number of nitro groups is 1. The molecule has 226 valence electrons. The summed E-state index contributed by atoms with van der Waals surface area (Å²) in [5.74, 6) is 0.720. The van der Waals surface area contributed by atoms with Crippen LogP contribution in [0.15, 0.2) is 77.3 Å². The molecule has 1 aliphatic carbocycles. The number of nitro benzene ring substituents is 1. The van der Waals surface area contributed by atoms with Crippen molar-refractivity contribution in [3.63, 3.8) is 0 Å². The Morgan fingerprint density at radius 3 is 2.43 bits per heavy atom. The van der Waals surface area contributed by atoms with E-state index in [-0.39, 0.29) is 40.9 Å². The molecule has 44 heavy (non-hydrogen) atoms. The van der Waals surface area contributed by atoms with Crippen molar-refractivity contribution < 1.29 is 19.2 Å². The van der Waals surface area contributed by atoms with Crippen molar-refractivity contribution in [1.82, 2.24) is 0 Å². The van der Waals surface area contributed by atoms with Gasteiger partial charge in [0.25, 0.3) is 5.69 Å². The van der Waals surface area contributed by atoms with Crippen LogP contribution in [0.25, 0.3) is 0 Å². The van der Waals surface area contributed by atoms with Gasteiger partial charge in [0, 0.05) is 23.8 Å². The number of nitriles is 1. The standard InChI is InChI=1S/C34H33ClN4O5/c1-19-12-21(18-44-24-9-7-23(43-5)8-10-24)20(2)25(13-19)31-26(17-36)33(37)38(22-6-11-27(35)28(14-22)39(41)42)29-15-34(3,4)16-30(40)32(29)31/h6-14,31H,15-16,18,37H2,1-5H3. The lowest BCUT2D eigenvalue weighted by atomic mass is 9.68. The number of benzene rings is 3. The van der Waals surface area contributed by atoms with Gasteiger partial charge in [0.15, 0.2) is 5.78 Å². The van der Waals surface area contributed by atoms with Crippen LogP contribution in [0.1, 0.15) is 54.9 Å². The Morgan fingerprint density at radius 1 is 1.11 bits per heavy atom. The Morgan fingerprint density at radius 2 is 1.80 bits per heavy atom. The summed E-state index contributed by atoms with van der Waals surface area (Å²) < 4.78 is 11.3. The molecule has 5 rings (SSSR count). The second kappa shape index (κ2) is 11.7. The molecule has 0 spiro atoms. The maximum atomic E-state index is 14.0. The van der Waals surface area contributed by atoms with Gasteiger partial charge in [-0.25, -0.2) is 0 Å². The Hall–Kier alpha value is -4.81. The fourth-order valence-electron chi connectivity index (χ4n) is 6.14. The van der Waals surface area contributed by atoms with E-state index in [0.717, 1.165) is 28.0 Å². The maximum absolute atomic E-state index is 14.0. The lowest BCUT2D eigenvalue weighted by molar-refractivity contribution is -0.384. The van der Waals surface area contributed by atoms with Gasteiger partial charge < -0.3 is 15.2 Å². The van der Waals surface area contributed by atoms with E-state index in [1.54, 1.807) is 18.1 Å². The number of Topliss-reactive ketones (excluding diaryl/α,β-unsaturated/α-hetero) is 1. The monoisotopic (exact) mass is 612 g/mol. The predicted molar refractivity (Wildman–Crippen MR) is 168 cm³/mol. The van der Waals surface area contributed by atoms with Crippen molar-refractivity contribution in [1.29, 1.82) is 5.26 Å². The molecule has 0 bridgehead atoms. The summed E-state index contributed by atoms with van der Waals surface area (Å²) in [6.45, 7) is 8.19. The third-order valence-electron chi connectivity index (χ3n) is 8.23. The molecule has 2 N–H and O–H groups in total. The topological polar surface area (TPSA) is 132 Å². The molecule has 10 heteroatoms. The van der Waals surface area contributed by atoms with Crippen LogP contribution in [0, 0.1) is 40.7 Å². The number of ketones is 1. The number of carbonyl (C=O) groups is 1. The van der Waals surface area contributed by atoms with Crippen molar-refractivity contribution in [2.24, 2.45) is 11.1 Å². The number of rotatable bonds is 7. The Bertz CT molecular complexity index is 1790. The fourth-order valence-corrected chi connectivity index (χ4v) is 6.33. The first-order chi connectivity index (χ1) is 20.8. The first-order valence-electron chi connectivity index (χ1n) is 14.1. The van der Waals surface area contributed by atoms with Gasteiger partial charge in [0.1, 0.15) is 28.9 Å². The average Bonchev–Trinajstić information content (AvgIpc) is 2.97. The summed E-state index contributed by atoms with van der Waals surface area (Å²) in [6.07, 6.45) is 0.757. The van der Waals surface area contributed by atoms with Crippen molar-refractivity contribution in [3.8, 4) is 17.6 Å². The minimum atomic E-state index is -0.711. The SMILES string of the molecule is COc1ccc(OCc2cc(C)cc(C3C(C#N)=C(N)N(c4ccc(Cl)c([N+](=O)[O-])c4)C4=C3C(=O)CC(C)(C)C4)c2C)cc1. The maximum Gasteiger partial charge on any atom is 0.289 e. The first kappa shape index (κ1) is 30.6. The molecule has 3 aromatic carbocycles. The highest BCUT2D eigenvalue weighted by atomic mass is 35.5. The van der Waals surface area contributed by atoms with Crippen LogP contribution in [0.4, 0.5) is 11.4 Å². The van der Waals surface area contributed by atoms with E-state index in [9.17, 15) is 20.2 Å². The van der Waals surface area contributed by atoms with Gasteiger partial charge in [-0.2, -0.15) is 5.26 Å². The van der Waals surface area contributed by atoms with Crippen LogP contribution < -0.4 is 20.1 Å². The third kappa shape index (κ3) is 5.61. The Kier molecular flexibility index (Phi) is 8.15. The number of hydrogen-bond donors (Lipinski definition) is 1. The van der Waals surface area contributed by atoms with Crippen LogP contribution in [-0.4, -0.2) is 17.8 Å². The van der Waals surface area contributed by atoms with Gasteiger partial charge in [-0.15, -0.1) is 0 Å². The number of carbonyl (C=O) groups excluding carboxylic acids is 1. The number of nitrogens with two attached hydrogens (primary N) is 1. The highest BCUT2D eigenvalue weighted by molar-refractivity contribution is 6.32. The Balaban J connectivity index is 1.66. The molecule has 0 saturated carbocycles. The molecule has 0 fully saturated rings. The summed E-state index contributed by atoms with van der Waals surface area (Å²) >= 11 is 6.12. The molecule has 9 nitrogen and oxygen atoms in total. The molecule has 1 unspecified atom stereocenters. The summed E-state index contributed by atoms with van der Waals surface area (Å²) in [5.41, 5.74) is 11.3. The van der Waals surface area contributed by atoms with E-state index < -0.39 is 16.3 Å². The van der Waals surface area contributed by atoms with Crippen molar-refractivity contribution in [2.75, 3.05) is 12.0 Å². The summed E-state index contributed by atoms with van der Waals surface area (Å²) in [7, 11) is 1.60. The average molecular weight is 613 g/mol. The van der Waals surface area contributed by atoms with Crippen LogP contribution >= 0.6 is 11.6 Å². The minimum absolute atomic E-state index is 0.0225. The lowest BCUT2D eigenvalue weighted by Gasteiger charge is -2.44. The molecule has 1 heterocycles. The van der Waals surface area contributed by atoms with Crippen LogP contribution in [0.3, 0.4) is 0 Å².